The molecule has 0 spiro atoms. The summed E-state index contributed by atoms with van der Waals surface area (Å²) in [6.07, 6.45) is 7.44. The molecule has 0 saturated heterocycles. The first-order valence-electron chi connectivity index (χ1n) is 4.59. The van der Waals surface area contributed by atoms with Crippen LogP contribution < -0.4 is 0 Å². The third kappa shape index (κ3) is 1.64. The highest BCUT2D eigenvalue weighted by atomic mass is 16.3. The Kier molecular flexibility index (Phi) is 2.72. The van der Waals surface area contributed by atoms with Crippen LogP contribution in [0.25, 0.3) is 0 Å². The third-order valence-electron chi connectivity index (χ3n) is 2.98. The molecule has 0 aromatic heterocycles. The van der Waals surface area contributed by atoms with Gasteiger partial charge in [0.2, 0.25) is 0 Å². The van der Waals surface area contributed by atoms with Crippen LogP contribution >= 0.6 is 0 Å². The topological polar surface area (TPSA) is 20.2 Å². The second-order valence-corrected chi connectivity index (χ2v) is 3.53. The Labute approximate surface area is 69.1 Å². The zero-order chi connectivity index (χ0) is 8.32. The van der Waals surface area contributed by atoms with Gasteiger partial charge in [0.25, 0.3) is 0 Å². The summed E-state index contributed by atoms with van der Waals surface area (Å²) in [4.78, 5) is 0. The van der Waals surface area contributed by atoms with Crippen LogP contribution in [-0.2, 0) is 0 Å². The van der Waals surface area contributed by atoms with Crippen molar-refractivity contribution in [3.05, 3.63) is 12.7 Å². The van der Waals surface area contributed by atoms with Crippen molar-refractivity contribution in [3.63, 3.8) is 0 Å². The van der Waals surface area contributed by atoms with Crippen molar-refractivity contribution >= 4 is 0 Å². The molecule has 0 bridgehead atoms. The van der Waals surface area contributed by atoms with E-state index in [-0.39, 0.29) is 0 Å². The molecule has 1 aliphatic carbocycles. The number of hydrogen-bond donors (Lipinski definition) is 1. The summed E-state index contributed by atoms with van der Waals surface area (Å²) >= 11 is 0. The molecule has 1 fully saturated rings. The molecule has 1 N–H and O–H groups in total. The Morgan fingerprint density at radius 3 is 2.45 bits per heavy atom. The van der Waals surface area contributed by atoms with Gasteiger partial charge in [-0.25, -0.2) is 0 Å². The Morgan fingerprint density at radius 2 is 2.09 bits per heavy atom. The lowest BCUT2D eigenvalue weighted by Crippen LogP contribution is -2.33. The summed E-state index contributed by atoms with van der Waals surface area (Å²) in [6, 6.07) is 0. The maximum absolute atomic E-state index is 10.0. The lowest BCUT2D eigenvalue weighted by atomic mass is 9.84. The summed E-state index contributed by atoms with van der Waals surface area (Å²) in [5, 5.41) is 10.0. The van der Waals surface area contributed by atoms with E-state index >= 15 is 0 Å². The standard InChI is InChI=1S/C10H18O/c1-3-10(11,4-2)9-7-5-6-8-9/h3,9,11H,1,4-8H2,2H3. The number of hydrogen-bond acceptors (Lipinski definition) is 1. The molecule has 0 aromatic carbocycles. The molecule has 1 rings (SSSR count). The van der Waals surface area contributed by atoms with Crippen molar-refractivity contribution in [2.45, 2.75) is 44.6 Å². The van der Waals surface area contributed by atoms with Crippen molar-refractivity contribution in [1.82, 2.24) is 0 Å². The first kappa shape index (κ1) is 8.79. The van der Waals surface area contributed by atoms with Crippen LogP contribution in [-0.4, -0.2) is 10.7 Å². The van der Waals surface area contributed by atoms with Crippen LogP contribution in [0.4, 0.5) is 0 Å². The van der Waals surface area contributed by atoms with Crippen molar-refractivity contribution in [2.75, 3.05) is 0 Å². The van der Waals surface area contributed by atoms with Gasteiger partial charge in [0.15, 0.2) is 0 Å². The minimum absolute atomic E-state index is 0.477. The second kappa shape index (κ2) is 3.40. The summed E-state index contributed by atoms with van der Waals surface area (Å²) in [5.41, 5.74) is -0.573. The molecule has 1 unspecified atom stereocenters. The van der Waals surface area contributed by atoms with Crippen LogP contribution in [0.5, 0.6) is 0 Å². The molecule has 1 heteroatoms. The van der Waals surface area contributed by atoms with Crippen LogP contribution in [0, 0.1) is 5.92 Å². The molecule has 0 aromatic rings. The fraction of sp³-hybridized carbons (Fsp3) is 0.800. The van der Waals surface area contributed by atoms with Gasteiger partial charge < -0.3 is 5.11 Å². The fourth-order valence-electron chi connectivity index (χ4n) is 2.03. The maximum Gasteiger partial charge on any atom is 0.0850 e. The second-order valence-electron chi connectivity index (χ2n) is 3.53. The molecule has 0 radical (unpaired) electrons. The van der Waals surface area contributed by atoms with Crippen LogP contribution in [0.3, 0.4) is 0 Å². The van der Waals surface area contributed by atoms with E-state index in [4.69, 9.17) is 0 Å². The maximum atomic E-state index is 10.0. The zero-order valence-corrected chi connectivity index (χ0v) is 7.34. The number of rotatable bonds is 3. The molecule has 0 amide bonds. The van der Waals surface area contributed by atoms with Gasteiger partial charge in [-0.1, -0.05) is 25.8 Å². The molecule has 11 heavy (non-hydrogen) atoms. The van der Waals surface area contributed by atoms with Gasteiger partial charge in [-0.15, -0.1) is 6.58 Å². The molecular weight excluding hydrogens is 136 g/mol. The van der Waals surface area contributed by atoms with Crippen molar-refractivity contribution in [3.8, 4) is 0 Å². The lowest BCUT2D eigenvalue weighted by Gasteiger charge is -2.29. The van der Waals surface area contributed by atoms with E-state index in [1.807, 2.05) is 6.92 Å². The minimum Gasteiger partial charge on any atom is -0.386 e. The molecule has 1 atom stereocenters. The van der Waals surface area contributed by atoms with Gasteiger partial charge in [-0.2, -0.15) is 0 Å². The highest BCUT2D eigenvalue weighted by Gasteiger charge is 2.33. The number of aliphatic hydroxyl groups is 1. The monoisotopic (exact) mass is 154 g/mol. The molecule has 1 saturated carbocycles. The van der Waals surface area contributed by atoms with Gasteiger partial charge in [-0.3, -0.25) is 0 Å². The van der Waals surface area contributed by atoms with Crippen molar-refractivity contribution in [1.29, 1.82) is 0 Å². The summed E-state index contributed by atoms with van der Waals surface area (Å²) in [6.45, 7) is 5.73. The van der Waals surface area contributed by atoms with Crippen molar-refractivity contribution in [2.24, 2.45) is 5.92 Å². The highest BCUT2D eigenvalue weighted by molar-refractivity contribution is 5.00. The summed E-state index contributed by atoms with van der Waals surface area (Å²) in [7, 11) is 0. The molecule has 0 heterocycles. The predicted octanol–water partition coefficient (Wildman–Crippen LogP) is 2.50. The van der Waals surface area contributed by atoms with Gasteiger partial charge in [0.05, 0.1) is 5.60 Å². The average molecular weight is 154 g/mol. The van der Waals surface area contributed by atoms with Crippen LogP contribution in [0.15, 0.2) is 12.7 Å². The molecule has 1 aliphatic rings. The molecular formula is C10H18O. The van der Waals surface area contributed by atoms with Crippen molar-refractivity contribution < 1.29 is 5.11 Å². The van der Waals surface area contributed by atoms with E-state index in [9.17, 15) is 5.11 Å². The van der Waals surface area contributed by atoms with E-state index in [0.717, 1.165) is 6.42 Å². The zero-order valence-electron chi connectivity index (χ0n) is 7.34. The quantitative estimate of drug-likeness (QED) is 0.619. The van der Waals surface area contributed by atoms with E-state index in [1.165, 1.54) is 25.7 Å². The fourth-order valence-corrected chi connectivity index (χ4v) is 2.03. The van der Waals surface area contributed by atoms with Gasteiger partial charge >= 0.3 is 0 Å². The van der Waals surface area contributed by atoms with Gasteiger partial charge in [-0.05, 0) is 25.2 Å². The molecule has 1 nitrogen and oxygen atoms in total. The Morgan fingerprint density at radius 1 is 1.55 bits per heavy atom. The largest absolute Gasteiger partial charge is 0.386 e. The third-order valence-corrected chi connectivity index (χ3v) is 2.98. The SMILES string of the molecule is C=CC(O)(CC)C1CCCC1. The normalized spacial score (nSPS) is 24.9. The van der Waals surface area contributed by atoms with E-state index in [0.29, 0.717) is 5.92 Å². The van der Waals surface area contributed by atoms with Crippen LogP contribution in [0.1, 0.15) is 39.0 Å². The van der Waals surface area contributed by atoms with Gasteiger partial charge in [0, 0.05) is 0 Å². The first-order valence-corrected chi connectivity index (χ1v) is 4.59. The molecule has 64 valence electrons. The average Bonchev–Trinajstić information content (AvgIpc) is 2.55. The minimum atomic E-state index is -0.573. The predicted molar refractivity (Wildman–Crippen MR) is 47.4 cm³/mol. The lowest BCUT2D eigenvalue weighted by molar-refractivity contribution is 0.0273. The summed E-state index contributed by atoms with van der Waals surface area (Å²) < 4.78 is 0. The first-order chi connectivity index (χ1) is 5.23. The Balaban J connectivity index is 2.59. The van der Waals surface area contributed by atoms with E-state index in [1.54, 1.807) is 6.08 Å². The van der Waals surface area contributed by atoms with Gasteiger partial charge in [0.1, 0.15) is 0 Å². The Hall–Kier alpha value is -0.300. The Bertz CT molecular complexity index is 136. The van der Waals surface area contributed by atoms with E-state index in [2.05, 4.69) is 6.58 Å². The summed E-state index contributed by atoms with van der Waals surface area (Å²) in [5.74, 6) is 0.477. The molecule has 0 aliphatic heterocycles. The van der Waals surface area contributed by atoms with Crippen LogP contribution in [0.2, 0.25) is 0 Å². The smallest absolute Gasteiger partial charge is 0.0850 e. The highest BCUT2D eigenvalue weighted by Crippen LogP contribution is 2.36. The van der Waals surface area contributed by atoms with E-state index < -0.39 is 5.60 Å².